The van der Waals surface area contributed by atoms with E-state index in [-0.39, 0.29) is 11.9 Å². The summed E-state index contributed by atoms with van der Waals surface area (Å²) in [6.07, 6.45) is 2.09. The Labute approximate surface area is 155 Å². The fraction of sp³-hybridized carbons (Fsp3) is 0.381. The van der Waals surface area contributed by atoms with Crippen molar-refractivity contribution in [2.75, 3.05) is 0 Å². The second-order valence-electron chi connectivity index (χ2n) is 6.39. The summed E-state index contributed by atoms with van der Waals surface area (Å²) >= 11 is 5.41. The first-order valence-electron chi connectivity index (χ1n) is 8.92. The fourth-order valence-corrected chi connectivity index (χ4v) is 2.92. The summed E-state index contributed by atoms with van der Waals surface area (Å²) in [4.78, 5) is 0. The number of nitrogens with one attached hydrogen (secondary N) is 2. The molecule has 0 fully saturated rings. The lowest BCUT2D eigenvalue weighted by molar-refractivity contribution is 0.614. The van der Waals surface area contributed by atoms with Crippen molar-refractivity contribution >= 4 is 17.3 Å². The Morgan fingerprint density at radius 2 is 1.56 bits per heavy atom. The van der Waals surface area contributed by atoms with Crippen LogP contribution in [-0.4, -0.2) is 5.11 Å². The van der Waals surface area contributed by atoms with Crippen molar-refractivity contribution in [2.45, 2.75) is 52.1 Å². The molecule has 2 nitrogen and oxygen atoms in total. The summed E-state index contributed by atoms with van der Waals surface area (Å²) in [6.45, 7) is 7.18. The lowest BCUT2D eigenvalue weighted by Crippen LogP contribution is -2.37. The Morgan fingerprint density at radius 3 is 2.12 bits per heavy atom. The van der Waals surface area contributed by atoms with Crippen LogP contribution in [0.3, 0.4) is 0 Å². The van der Waals surface area contributed by atoms with Crippen molar-refractivity contribution in [1.29, 1.82) is 0 Å². The van der Waals surface area contributed by atoms with Gasteiger partial charge >= 0.3 is 0 Å². The predicted molar refractivity (Wildman–Crippen MR) is 107 cm³/mol. The topological polar surface area (TPSA) is 24.1 Å². The Morgan fingerprint density at radius 1 is 0.960 bits per heavy atom. The maximum Gasteiger partial charge on any atom is 0.167 e. The number of hydrogen-bond donors (Lipinski definition) is 2. The van der Waals surface area contributed by atoms with E-state index < -0.39 is 0 Å². The van der Waals surface area contributed by atoms with E-state index in [2.05, 4.69) is 55.7 Å². The maximum atomic E-state index is 12.9. The average Bonchev–Trinajstić information content (AvgIpc) is 2.65. The molecule has 2 atom stereocenters. The van der Waals surface area contributed by atoms with Gasteiger partial charge in [-0.15, -0.1) is 0 Å². The van der Waals surface area contributed by atoms with E-state index in [4.69, 9.17) is 12.2 Å². The smallest absolute Gasteiger partial charge is 0.167 e. The van der Waals surface area contributed by atoms with Crippen molar-refractivity contribution in [1.82, 2.24) is 10.6 Å². The van der Waals surface area contributed by atoms with Crippen molar-refractivity contribution < 1.29 is 4.39 Å². The quantitative estimate of drug-likeness (QED) is 0.643. The van der Waals surface area contributed by atoms with Gasteiger partial charge in [0, 0.05) is 6.54 Å². The molecule has 0 heterocycles. The van der Waals surface area contributed by atoms with Gasteiger partial charge in [0.1, 0.15) is 5.82 Å². The summed E-state index contributed by atoms with van der Waals surface area (Å²) < 4.78 is 12.9. The molecule has 2 aromatic rings. The third-order valence-electron chi connectivity index (χ3n) is 4.60. The first kappa shape index (κ1) is 19.4. The molecule has 0 aliphatic heterocycles. The van der Waals surface area contributed by atoms with Crippen molar-refractivity contribution in [3.63, 3.8) is 0 Å². The highest BCUT2D eigenvalue weighted by molar-refractivity contribution is 7.80. The second-order valence-corrected chi connectivity index (χ2v) is 6.80. The Hall–Kier alpha value is -1.94. The van der Waals surface area contributed by atoms with Gasteiger partial charge in [-0.3, -0.25) is 0 Å². The predicted octanol–water partition coefficient (Wildman–Crippen LogP) is 5.45. The van der Waals surface area contributed by atoms with Gasteiger partial charge in [0.25, 0.3) is 0 Å². The van der Waals surface area contributed by atoms with Crippen LogP contribution in [0.4, 0.5) is 4.39 Å². The molecule has 0 spiro atoms. The van der Waals surface area contributed by atoms with Crippen molar-refractivity contribution in [3.8, 4) is 0 Å². The van der Waals surface area contributed by atoms with Gasteiger partial charge in [-0.25, -0.2) is 4.39 Å². The van der Waals surface area contributed by atoms with Gasteiger partial charge in [-0.05, 0) is 59.8 Å². The second kappa shape index (κ2) is 9.52. The molecule has 4 heteroatoms. The Balaban J connectivity index is 1.91. The largest absolute Gasteiger partial charge is 0.359 e. The molecule has 2 rings (SSSR count). The molecule has 0 saturated heterocycles. The maximum absolute atomic E-state index is 12.9. The highest BCUT2D eigenvalue weighted by Gasteiger charge is 2.11. The van der Waals surface area contributed by atoms with Gasteiger partial charge in [-0.2, -0.15) is 0 Å². The Kier molecular flexibility index (Phi) is 7.38. The molecule has 0 amide bonds. The van der Waals surface area contributed by atoms with Crippen LogP contribution in [0.15, 0.2) is 48.5 Å². The van der Waals surface area contributed by atoms with Gasteiger partial charge < -0.3 is 10.6 Å². The molecule has 0 unspecified atom stereocenters. The zero-order valence-electron chi connectivity index (χ0n) is 15.2. The summed E-state index contributed by atoms with van der Waals surface area (Å²) in [5.74, 6) is 0.358. The summed E-state index contributed by atoms with van der Waals surface area (Å²) in [6, 6.07) is 15.4. The molecule has 2 aromatic carbocycles. The normalized spacial score (nSPS) is 13.1. The minimum atomic E-state index is -0.226. The fourth-order valence-electron chi connectivity index (χ4n) is 2.71. The lowest BCUT2D eigenvalue weighted by atomic mass is 9.95. The molecule has 134 valence electrons. The third-order valence-corrected chi connectivity index (χ3v) is 4.86. The summed E-state index contributed by atoms with van der Waals surface area (Å²) in [7, 11) is 0. The van der Waals surface area contributed by atoms with Gasteiger partial charge in [0.05, 0.1) is 6.04 Å². The van der Waals surface area contributed by atoms with Gasteiger partial charge in [0.2, 0.25) is 0 Å². The highest BCUT2D eigenvalue weighted by atomic mass is 32.1. The van der Waals surface area contributed by atoms with Crippen molar-refractivity contribution in [3.05, 3.63) is 71.0 Å². The molecule has 0 saturated carbocycles. The standard InChI is InChI=1S/C21H27FN2S/c1-4-15(3)17-8-10-18(11-9-17)20(5-2)24-21(25)23-14-16-6-12-19(22)13-7-16/h6-13,15,20H,4-5,14H2,1-3H3,(H2,23,24,25)/t15-,20-/m0/s1. The van der Waals surface area contributed by atoms with Crippen LogP contribution in [-0.2, 0) is 6.54 Å². The molecular formula is C21H27FN2S. The van der Waals surface area contributed by atoms with E-state index in [1.807, 2.05) is 0 Å². The van der Waals surface area contributed by atoms with E-state index in [0.717, 1.165) is 18.4 Å². The monoisotopic (exact) mass is 358 g/mol. The first-order chi connectivity index (χ1) is 12.0. The average molecular weight is 359 g/mol. The molecule has 0 radical (unpaired) electrons. The van der Waals surface area contributed by atoms with Crippen LogP contribution in [0.1, 0.15) is 62.3 Å². The molecule has 0 aliphatic rings. The van der Waals surface area contributed by atoms with E-state index in [1.165, 1.54) is 23.3 Å². The number of rotatable bonds is 7. The number of halogens is 1. The molecular weight excluding hydrogens is 331 g/mol. The van der Waals surface area contributed by atoms with Crippen LogP contribution in [0.25, 0.3) is 0 Å². The van der Waals surface area contributed by atoms with Crippen molar-refractivity contribution in [2.24, 2.45) is 0 Å². The molecule has 25 heavy (non-hydrogen) atoms. The molecule has 0 aromatic heterocycles. The van der Waals surface area contributed by atoms with Gasteiger partial charge in [-0.1, -0.05) is 57.2 Å². The number of thiocarbonyl (C=S) groups is 1. The molecule has 0 aliphatic carbocycles. The van der Waals surface area contributed by atoms with E-state index in [1.54, 1.807) is 12.1 Å². The zero-order valence-corrected chi connectivity index (χ0v) is 16.0. The zero-order chi connectivity index (χ0) is 18.2. The molecule has 0 bridgehead atoms. The van der Waals surface area contributed by atoms with Crippen LogP contribution < -0.4 is 10.6 Å². The lowest BCUT2D eigenvalue weighted by Gasteiger charge is -2.21. The summed E-state index contributed by atoms with van der Waals surface area (Å²) in [5.41, 5.74) is 3.61. The van der Waals surface area contributed by atoms with Gasteiger partial charge in [0.15, 0.2) is 5.11 Å². The first-order valence-corrected chi connectivity index (χ1v) is 9.33. The number of benzene rings is 2. The minimum absolute atomic E-state index is 0.180. The van der Waals surface area contributed by atoms with E-state index in [9.17, 15) is 4.39 Å². The van der Waals surface area contributed by atoms with Crippen LogP contribution in [0.5, 0.6) is 0 Å². The summed E-state index contributed by atoms with van der Waals surface area (Å²) in [5, 5.41) is 7.18. The van der Waals surface area contributed by atoms with Crippen LogP contribution in [0.2, 0.25) is 0 Å². The highest BCUT2D eigenvalue weighted by Crippen LogP contribution is 2.22. The van der Waals surface area contributed by atoms with Crippen LogP contribution >= 0.6 is 12.2 Å². The Bertz CT molecular complexity index is 667. The molecule has 2 N–H and O–H groups in total. The van der Waals surface area contributed by atoms with E-state index >= 15 is 0 Å². The number of hydrogen-bond acceptors (Lipinski definition) is 1. The SMILES string of the molecule is CC[C@H](NC(=S)NCc1ccc(F)cc1)c1ccc([C@@H](C)CC)cc1. The third kappa shape index (κ3) is 5.82. The minimum Gasteiger partial charge on any atom is -0.359 e. The van der Waals surface area contributed by atoms with Crippen LogP contribution in [0, 0.1) is 5.82 Å². The van der Waals surface area contributed by atoms with E-state index in [0.29, 0.717) is 17.6 Å².